The Bertz CT molecular complexity index is 1070. The summed E-state index contributed by atoms with van der Waals surface area (Å²) in [5, 5.41) is 10.6. The molecular formula is C34H45ClO5. The van der Waals surface area contributed by atoms with E-state index >= 15 is 0 Å². The molecule has 1 atom stereocenters. The zero-order valence-electron chi connectivity index (χ0n) is 23.9. The molecular weight excluding hydrogens is 524 g/mol. The van der Waals surface area contributed by atoms with Crippen molar-refractivity contribution in [2.45, 2.75) is 96.9 Å². The van der Waals surface area contributed by atoms with Gasteiger partial charge in [-0.05, 0) is 68.7 Å². The minimum absolute atomic E-state index is 0.0399. The van der Waals surface area contributed by atoms with Gasteiger partial charge in [-0.25, -0.2) is 0 Å². The first-order chi connectivity index (χ1) is 19.5. The Balaban J connectivity index is 1.27. The predicted octanol–water partition coefficient (Wildman–Crippen LogP) is 9.36. The molecule has 2 aromatic carbocycles. The maximum Gasteiger partial charge on any atom is 0.189 e. The molecule has 0 aromatic heterocycles. The minimum Gasteiger partial charge on any atom is -0.507 e. The molecule has 0 radical (unpaired) electrons. The maximum absolute atomic E-state index is 12.8. The lowest BCUT2D eigenvalue weighted by Crippen LogP contribution is -2.22. The highest BCUT2D eigenvalue weighted by molar-refractivity contribution is 6.32. The second kappa shape index (κ2) is 18.7. The molecule has 1 aliphatic rings. The summed E-state index contributed by atoms with van der Waals surface area (Å²) in [6, 6.07) is 12.6. The molecule has 0 spiro atoms. The summed E-state index contributed by atoms with van der Waals surface area (Å²) in [4.78, 5) is 12.8. The molecule has 0 bridgehead atoms. The fraction of sp³-hybridized carbons (Fsp3) is 0.500. The standard InChI is InChI=1S/C34H45ClO5/c1-27(17-11-8-6-4-2-3-5-7-9-15-21-38-34-20-14-16-22-39-34)23-31(36)29-24-33(30(35)25-32(29)37)40-26-28-18-12-10-13-19-28/h10-13,17-19,23-25,34,37H,2-9,14-16,20-22,26H2,1H3. The fourth-order valence-electron chi connectivity index (χ4n) is 4.67. The Hall–Kier alpha value is -2.60. The molecule has 1 aliphatic heterocycles. The monoisotopic (exact) mass is 568 g/mol. The Morgan fingerprint density at radius 2 is 1.75 bits per heavy atom. The van der Waals surface area contributed by atoms with Crippen LogP contribution in [-0.4, -0.2) is 30.4 Å². The summed E-state index contributed by atoms with van der Waals surface area (Å²) in [6.07, 6.45) is 19.9. The lowest BCUT2D eigenvalue weighted by Gasteiger charge is -2.22. The van der Waals surface area contributed by atoms with Crippen LogP contribution in [0.3, 0.4) is 0 Å². The summed E-state index contributed by atoms with van der Waals surface area (Å²) in [7, 11) is 0. The fourth-order valence-corrected chi connectivity index (χ4v) is 4.88. The number of phenolic OH excluding ortho intramolecular Hbond substituents is 1. The summed E-state index contributed by atoms with van der Waals surface area (Å²) >= 11 is 6.24. The van der Waals surface area contributed by atoms with Crippen LogP contribution in [0.15, 0.2) is 66.3 Å². The Morgan fingerprint density at radius 3 is 2.48 bits per heavy atom. The second-order valence-corrected chi connectivity index (χ2v) is 10.9. The van der Waals surface area contributed by atoms with Gasteiger partial charge < -0.3 is 19.3 Å². The Morgan fingerprint density at radius 1 is 1.02 bits per heavy atom. The van der Waals surface area contributed by atoms with Crippen molar-refractivity contribution in [3.8, 4) is 11.5 Å². The van der Waals surface area contributed by atoms with Crippen LogP contribution in [0.5, 0.6) is 11.5 Å². The lowest BCUT2D eigenvalue weighted by atomic mass is 10.1. The van der Waals surface area contributed by atoms with Crippen LogP contribution in [0.25, 0.3) is 0 Å². The summed E-state index contributed by atoms with van der Waals surface area (Å²) < 4.78 is 17.2. The van der Waals surface area contributed by atoms with E-state index in [1.807, 2.05) is 43.3 Å². The van der Waals surface area contributed by atoms with E-state index in [0.29, 0.717) is 12.4 Å². The molecule has 0 saturated carbocycles. The lowest BCUT2D eigenvalue weighted by molar-refractivity contribution is -0.162. The van der Waals surface area contributed by atoms with Gasteiger partial charge in [0.05, 0.1) is 10.6 Å². The molecule has 1 N–H and O–H groups in total. The number of ketones is 1. The number of carbonyl (C=O) groups excluding carboxylic acids is 1. The molecule has 3 rings (SSSR count). The zero-order valence-corrected chi connectivity index (χ0v) is 24.7. The molecule has 1 fully saturated rings. The van der Waals surface area contributed by atoms with Gasteiger partial charge in [-0.15, -0.1) is 0 Å². The quantitative estimate of drug-likeness (QED) is 0.0839. The number of hydrogen-bond donors (Lipinski definition) is 1. The van der Waals surface area contributed by atoms with Crippen molar-refractivity contribution < 1.29 is 24.1 Å². The summed E-state index contributed by atoms with van der Waals surface area (Å²) in [5.74, 6) is -0.0701. The van der Waals surface area contributed by atoms with Gasteiger partial charge in [0, 0.05) is 19.3 Å². The van der Waals surface area contributed by atoms with Gasteiger partial charge in [-0.3, -0.25) is 4.79 Å². The van der Waals surface area contributed by atoms with E-state index in [1.54, 1.807) is 0 Å². The SMILES string of the molecule is CC(C=CCCCCCCCCCCOC1CCCCO1)=CC(=O)c1cc(OCc2ccccc2)c(Cl)cc1O. The molecule has 0 aliphatic carbocycles. The van der Waals surface area contributed by atoms with Crippen LogP contribution in [0.2, 0.25) is 5.02 Å². The zero-order chi connectivity index (χ0) is 28.4. The smallest absolute Gasteiger partial charge is 0.189 e. The minimum atomic E-state index is -0.283. The highest BCUT2D eigenvalue weighted by atomic mass is 35.5. The molecule has 1 unspecified atom stereocenters. The van der Waals surface area contributed by atoms with E-state index in [4.69, 9.17) is 25.8 Å². The summed E-state index contributed by atoms with van der Waals surface area (Å²) in [5.41, 5.74) is 2.00. The van der Waals surface area contributed by atoms with E-state index in [2.05, 4.69) is 6.08 Å². The second-order valence-electron chi connectivity index (χ2n) is 10.5. The number of allylic oxidation sites excluding steroid dienone is 4. The van der Waals surface area contributed by atoms with Gasteiger partial charge in [-0.1, -0.05) is 92.6 Å². The van der Waals surface area contributed by atoms with Crippen LogP contribution < -0.4 is 4.74 Å². The van der Waals surface area contributed by atoms with Crippen molar-refractivity contribution >= 4 is 17.4 Å². The number of unbranched alkanes of at least 4 members (excludes halogenated alkanes) is 8. The largest absolute Gasteiger partial charge is 0.507 e. The number of benzene rings is 2. The average Bonchev–Trinajstić information content (AvgIpc) is 2.96. The van der Waals surface area contributed by atoms with E-state index < -0.39 is 0 Å². The first kappa shape index (κ1) is 31.9. The molecule has 218 valence electrons. The Labute approximate surface area is 245 Å². The number of phenols is 1. The van der Waals surface area contributed by atoms with Crippen molar-refractivity contribution in [1.29, 1.82) is 0 Å². The first-order valence-electron chi connectivity index (χ1n) is 14.8. The van der Waals surface area contributed by atoms with Crippen LogP contribution in [0.1, 0.15) is 99.9 Å². The maximum atomic E-state index is 12.8. The van der Waals surface area contributed by atoms with Crippen LogP contribution in [0, 0.1) is 0 Å². The van der Waals surface area contributed by atoms with Crippen molar-refractivity contribution in [2.75, 3.05) is 13.2 Å². The normalized spacial score (nSPS) is 15.9. The van der Waals surface area contributed by atoms with Gasteiger partial charge in [0.2, 0.25) is 0 Å². The van der Waals surface area contributed by atoms with Crippen LogP contribution in [0.4, 0.5) is 0 Å². The van der Waals surface area contributed by atoms with E-state index in [9.17, 15) is 9.90 Å². The van der Waals surface area contributed by atoms with Gasteiger partial charge in [0.25, 0.3) is 0 Å². The molecule has 6 heteroatoms. The van der Waals surface area contributed by atoms with Gasteiger partial charge in [0.15, 0.2) is 12.1 Å². The molecule has 5 nitrogen and oxygen atoms in total. The van der Waals surface area contributed by atoms with E-state index in [1.165, 1.54) is 69.6 Å². The number of ether oxygens (including phenoxy) is 3. The summed E-state index contributed by atoms with van der Waals surface area (Å²) in [6.45, 7) is 3.88. The highest BCUT2D eigenvalue weighted by Gasteiger charge is 2.15. The third kappa shape index (κ3) is 12.3. The van der Waals surface area contributed by atoms with Gasteiger partial charge in [-0.2, -0.15) is 0 Å². The highest BCUT2D eigenvalue weighted by Crippen LogP contribution is 2.33. The van der Waals surface area contributed by atoms with Crippen molar-refractivity contribution in [1.82, 2.24) is 0 Å². The van der Waals surface area contributed by atoms with Gasteiger partial charge >= 0.3 is 0 Å². The number of aromatic hydroxyl groups is 1. The van der Waals surface area contributed by atoms with E-state index in [-0.39, 0.29) is 28.4 Å². The number of halogens is 1. The van der Waals surface area contributed by atoms with Crippen molar-refractivity contribution in [3.63, 3.8) is 0 Å². The number of rotatable bonds is 18. The third-order valence-electron chi connectivity index (χ3n) is 7.00. The molecule has 1 heterocycles. The molecule has 40 heavy (non-hydrogen) atoms. The van der Waals surface area contributed by atoms with Gasteiger partial charge in [0.1, 0.15) is 18.1 Å². The number of carbonyl (C=O) groups is 1. The average molecular weight is 569 g/mol. The van der Waals surface area contributed by atoms with E-state index in [0.717, 1.165) is 50.0 Å². The molecule has 2 aromatic rings. The van der Waals surface area contributed by atoms with Crippen LogP contribution >= 0.6 is 11.6 Å². The van der Waals surface area contributed by atoms with Crippen LogP contribution in [-0.2, 0) is 16.1 Å². The van der Waals surface area contributed by atoms with Crippen molar-refractivity contribution in [3.05, 3.63) is 82.4 Å². The number of hydrogen-bond acceptors (Lipinski definition) is 5. The first-order valence-corrected chi connectivity index (χ1v) is 15.2. The molecule has 0 amide bonds. The topological polar surface area (TPSA) is 65.0 Å². The van der Waals surface area contributed by atoms with Crippen molar-refractivity contribution in [2.24, 2.45) is 0 Å². The Kier molecular flexibility index (Phi) is 14.9. The third-order valence-corrected chi connectivity index (χ3v) is 7.29. The molecule has 1 saturated heterocycles. The predicted molar refractivity (Wildman–Crippen MR) is 162 cm³/mol.